The molecule has 1 aromatic carbocycles. The Morgan fingerprint density at radius 2 is 2.27 bits per heavy atom. The van der Waals surface area contributed by atoms with Gasteiger partial charge in [-0.1, -0.05) is 22.6 Å². The van der Waals surface area contributed by atoms with Crippen LogP contribution in [-0.2, 0) is 4.79 Å². The number of carbonyl (C=O) groups excluding carboxylic acids is 1. The maximum Gasteiger partial charge on any atom is 0.232 e. The number of hydrogen-bond acceptors (Lipinski definition) is 6. The highest BCUT2D eigenvalue weighted by molar-refractivity contribution is 7.22. The number of amides is 1. The van der Waals surface area contributed by atoms with E-state index in [9.17, 15) is 9.18 Å². The van der Waals surface area contributed by atoms with Gasteiger partial charge in [-0.2, -0.15) is 0 Å². The van der Waals surface area contributed by atoms with Crippen molar-refractivity contribution < 1.29 is 13.7 Å². The summed E-state index contributed by atoms with van der Waals surface area (Å²) in [4.78, 5) is 18.3. The molecule has 2 aromatic heterocycles. The lowest BCUT2D eigenvalue weighted by atomic mass is 10.0. The summed E-state index contributed by atoms with van der Waals surface area (Å²) in [6.07, 6.45) is 1.40. The van der Waals surface area contributed by atoms with Crippen LogP contribution >= 0.6 is 11.3 Å². The number of fused-ring (bicyclic) bond motifs is 1. The van der Waals surface area contributed by atoms with Crippen LogP contribution in [0.2, 0.25) is 0 Å². The normalized spacial score (nSPS) is 15.0. The van der Waals surface area contributed by atoms with Gasteiger partial charge in [0.25, 0.3) is 0 Å². The summed E-state index contributed by atoms with van der Waals surface area (Å²) in [5.74, 6) is -0.141. The SMILES string of the molecule is O=C(Nc1ccon1)C1CN(c2nc3c(F)cccc3s2)C1. The van der Waals surface area contributed by atoms with Crippen LogP contribution in [0.4, 0.5) is 15.3 Å². The molecule has 1 fully saturated rings. The molecular formula is C14H11FN4O2S. The summed E-state index contributed by atoms with van der Waals surface area (Å²) in [6.45, 7) is 1.12. The predicted octanol–water partition coefficient (Wildman–Crippen LogP) is 2.50. The monoisotopic (exact) mass is 318 g/mol. The van der Waals surface area contributed by atoms with Crippen LogP contribution in [0.5, 0.6) is 0 Å². The highest BCUT2D eigenvalue weighted by atomic mass is 32.1. The third kappa shape index (κ3) is 2.21. The number of rotatable bonds is 3. The van der Waals surface area contributed by atoms with E-state index in [1.807, 2.05) is 11.0 Å². The first-order chi connectivity index (χ1) is 10.7. The second-order valence-corrected chi connectivity index (χ2v) is 6.07. The first kappa shape index (κ1) is 13.2. The van der Waals surface area contributed by atoms with Gasteiger partial charge in [0, 0.05) is 19.2 Å². The number of hydrogen-bond donors (Lipinski definition) is 1. The lowest BCUT2D eigenvalue weighted by Crippen LogP contribution is -2.52. The Bertz CT molecular complexity index is 827. The average Bonchev–Trinajstić information content (AvgIpc) is 3.07. The number of aromatic nitrogens is 2. The Labute approximate surface area is 128 Å². The molecule has 0 unspecified atom stereocenters. The van der Waals surface area contributed by atoms with Gasteiger partial charge in [0.15, 0.2) is 10.9 Å². The molecule has 0 spiro atoms. The molecule has 1 aliphatic rings. The minimum atomic E-state index is -0.319. The van der Waals surface area contributed by atoms with Crippen LogP contribution in [0, 0.1) is 11.7 Å². The lowest BCUT2D eigenvalue weighted by molar-refractivity contribution is -0.120. The van der Waals surface area contributed by atoms with Crippen molar-refractivity contribution in [3.05, 3.63) is 36.3 Å². The molecule has 1 saturated heterocycles. The number of carbonyl (C=O) groups is 1. The van der Waals surface area contributed by atoms with Crippen molar-refractivity contribution in [2.24, 2.45) is 5.92 Å². The van der Waals surface area contributed by atoms with Gasteiger partial charge >= 0.3 is 0 Å². The first-order valence-electron chi connectivity index (χ1n) is 6.72. The summed E-state index contributed by atoms with van der Waals surface area (Å²) < 4.78 is 19.1. The minimum Gasteiger partial charge on any atom is -0.363 e. The van der Waals surface area contributed by atoms with Gasteiger partial charge in [-0.05, 0) is 12.1 Å². The first-order valence-corrected chi connectivity index (χ1v) is 7.53. The van der Waals surface area contributed by atoms with Crippen molar-refractivity contribution in [1.29, 1.82) is 0 Å². The zero-order valence-electron chi connectivity index (χ0n) is 11.3. The fourth-order valence-electron chi connectivity index (χ4n) is 2.34. The van der Waals surface area contributed by atoms with E-state index in [4.69, 9.17) is 0 Å². The zero-order chi connectivity index (χ0) is 15.1. The molecule has 22 heavy (non-hydrogen) atoms. The molecule has 3 heterocycles. The van der Waals surface area contributed by atoms with Gasteiger partial charge in [0.1, 0.15) is 17.6 Å². The number of benzene rings is 1. The van der Waals surface area contributed by atoms with Crippen LogP contribution in [0.25, 0.3) is 10.2 Å². The van der Waals surface area contributed by atoms with Gasteiger partial charge in [-0.3, -0.25) is 4.79 Å². The second-order valence-electron chi connectivity index (χ2n) is 5.06. The van der Waals surface area contributed by atoms with E-state index >= 15 is 0 Å². The molecule has 0 saturated carbocycles. The van der Waals surface area contributed by atoms with E-state index in [0.717, 1.165) is 9.83 Å². The molecule has 1 aliphatic heterocycles. The summed E-state index contributed by atoms with van der Waals surface area (Å²) in [5, 5.41) is 7.07. The quantitative estimate of drug-likeness (QED) is 0.803. The van der Waals surface area contributed by atoms with Gasteiger partial charge in [0.05, 0.1) is 10.6 Å². The number of nitrogens with one attached hydrogen (secondary N) is 1. The molecule has 4 rings (SSSR count). The number of halogens is 1. The molecule has 0 bridgehead atoms. The molecule has 0 atom stereocenters. The van der Waals surface area contributed by atoms with E-state index in [1.165, 1.54) is 23.7 Å². The Balaban J connectivity index is 1.43. The summed E-state index contributed by atoms with van der Waals surface area (Å²) in [7, 11) is 0. The Morgan fingerprint density at radius 1 is 1.41 bits per heavy atom. The van der Waals surface area contributed by atoms with E-state index in [0.29, 0.717) is 24.4 Å². The van der Waals surface area contributed by atoms with Gasteiger partial charge in [0.2, 0.25) is 5.91 Å². The van der Waals surface area contributed by atoms with Crippen LogP contribution in [0.1, 0.15) is 0 Å². The molecule has 0 radical (unpaired) electrons. The topological polar surface area (TPSA) is 71.3 Å². The van der Waals surface area contributed by atoms with Gasteiger partial charge in [-0.15, -0.1) is 0 Å². The number of thiazole rings is 1. The predicted molar refractivity (Wildman–Crippen MR) is 80.4 cm³/mol. The maximum absolute atomic E-state index is 13.6. The number of nitrogens with zero attached hydrogens (tertiary/aromatic N) is 3. The Kier molecular flexibility index (Phi) is 3.04. The molecular weight excluding hydrogens is 307 g/mol. The van der Waals surface area contributed by atoms with Crippen LogP contribution in [-0.4, -0.2) is 29.1 Å². The Hall–Kier alpha value is -2.48. The maximum atomic E-state index is 13.6. The van der Waals surface area contributed by atoms with Crippen LogP contribution < -0.4 is 10.2 Å². The highest BCUT2D eigenvalue weighted by Crippen LogP contribution is 2.34. The van der Waals surface area contributed by atoms with Crippen molar-refractivity contribution in [2.75, 3.05) is 23.3 Å². The van der Waals surface area contributed by atoms with Gasteiger partial charge in [-0.25, -0.2) is 9.37 Å². The van der Waals surface area contributed by atoms with Crippen molar-refractivity contribution in [1.82, 2.24) is 10.1 Å². The largest absolute Gasteiger partial charge is 0.363 e. The van der Waals surface area contributed by atoms with Crippen molar-refractivity contribution in [2.45, 2.75) is 0 Å². The summed E-state index contributed by atoms with van der Waals surface area (Å²) in [6, 6.07) is 6.50. The number of anilines is 2. The van der Waals surface area contributed by atoms with Crippen molar-refractivity contribution in [3.8, 4) is 0 Å². The van der Waals surface area contributed by atoms with Crippen LogP contribution in [0.3, 0.4) is 0 Å². The van der Waals surface area contributed by atoms with E-state index in [-0.39, 0.29) is 17.6 Å². The van der Waals surface area contributed by atoms with E-state index in [1.54, 1.807) is 12.1 Å². The Morgan fingerprint density at radius 3 is 3.00 bits per heavy atom. The number of para-hydroxylation sites is 1. The smallest absolute Gasteiger partial charge is 0.232 e. The fourth-order valence-corrected chi connectivity index (χ4v) is 3.34. The van der Waals surface area contributed by atoms with E-state index in [2.05, 4.69) is 20.0 Å². The third-order valence-corrected chi connectivity index (χ3v) is 4.65. The molecule has 8 heteroatoms. The zero-order valence-corrected chi connectivity index (χ0v) is 12.1. The highest BCUT2D eigenvalue weighted by Gasteiger charge is 2.34. The molecule has 6 nitrogen and oxygen atoms in total. The molecule has 1 N–H and O–H groups in total. The van der Waals surface area contributed by atoms with Crippen LogP contribution in [0.15, 0.2) is 35.1 Å². The van der Waals surface area contributed by atoms with Crippen molar-refractivity contribution in [3.63, 3.8) is 0 Å². The standard InChI is InChI=1S/C14H11FN4O2S/c15-9-2-1-3-10-12(9)17-14(22-10)19-6-8(7-19)13(20)16-11-4-5-21-18-11/h1-5,8H,6-7H2,(H,16,18,20). The molecule has 3 aromatic rings. The average molecular weight is 318 g/mol. The minimum absolute atomic E-state index is 0.0996. The molecule has 1 amide bonds. The summed E-state index contributed by atoms with van der Waals surface area (Å²) >= 11 is 1.43. The molecule has 0 aliphatic carbocycles. The fraction of sp³-hybridized carbons (Fsp3) is 0.214. The van der Waals surface area contributed by atoms with Gasteiger partial charge < -0.3 is 14.7 Å². The second kappa shape index (κ2) is 5.06. The van der Waals surface area contributed by atoms with E-state index < -0.39 is 0 Å². The molecule has 112 valence electrons. The summed E-state index contributed by atoms with van der Waals surface area (Å²) in [5.41, 5.74) is 0.387. The van der Waals surface area contributed by atoms with Crippen molar-refractivity contribution >= 4 is 38.4 Å². The third-order valence-electron chi connectivity index (χ3n) is 3.57. The lowest BCUT2D eigenvalue weighted by Gasteiger charge is -2.37.